The molecule has 0 saturated carbocycles. The van der Waals surface area contributed by atoms with Crippen molar-refractivity contribution in [3.8, 4) is 0 Å². The molecular weight excluding hydrogens is 264 g/mol. The van der Waals surface area contributed by atoms with Crippen molar-refractivity contribution in [1.29, 1.82) is 0 Å². The van der Waals surface area contributed by atoms with E-state index in [1.54, 1.807) is 7.11 Å². The molecule has 1 heterocycles. The van der Waals surface area contributed by atoms with Crippen LogP contribution in [0, 0.1) is 0 Å². The third kappa shape index (κ3) is 4.16. The zero-order chi connectivity index (χ0) is 15.2. The van der Waals surface area contributed by atoms with E-state index in [1.165, 1.54) is 5.56 Å². The van der Waals surface area contributed by atoms with Crippen LogP contribution >= 0.6 is 0 Å². The number of ether oxygens (including phenoxy) is 1. The summed E-state index contributed by atoms with van der Waals surface area (Å²) in [6.07, 6.45) is 0. The maximum Gasteiger partial charge on any atom is 0.158 e. The minimum absolute atomic E-state index is 0.301. The van der Waals surface area contributed by atoms with Crippen LogP contribution < -0.4 is 10.6 Å². The van der Waals surface area contributed by atoms with Gasteiger partial charge in [0.1, 0.15) is 18.2 Å². The van der Waals surface area contributed by atoms with Crippen molar-refractivity contribution in [2.75, 3.05) is 17.7 Å². The predicted octanol–water partition coefficient (Wildman–Crippen LogP) is 2.62. The van der Waals surface area contributed by atoms with Crippen LogP contribution in [0.4, 0.5) is 11.6 Å². The van der Waals surface area contributed by atoms with Crippen LogP contribution in [0.15, 0.2) is 36.4 Å². The summed E-state index contributed by atoms with van der Waals surface area (Å²) in [5, 5.41) is 0. The van der Waals surface area contributed by atoms with Gasteiger partial charge in [-0.15, -0.1) is 0 Å². The molecule has 112 valence electrons. The van der Waals surface area contributed by atoms with Crippen molar-refractivity contribution in [3.05, 3.63) is 47.8 Å². The first kappa shape index (κ1) is 15.3. The fourth-order valence-electron chi connectivity index (χ4n) is 2.15. The number of hydrogen-bond acceptors (Lipinski definition) is 5. The Labute approximate surface area is 125 Å². The Morgan fingerprint density at radius 3 is 2.52 bits per heavy atom. The summed E-state index contributed by atoms with van der Waals surface area (Å²) in [7, 11) is 1.62. The molecular formula is C16H22N4O. The Kier molecular flexibility index (Phi) is 5.11. The first-order valence-corrected chi connectivity index (χ1v) is 7.03. The van der Waals surface area contributed by atoms with Gasteiger partial charge in [-0.3, -0.25) is 0 Å². The topological polar surface area (TPSA) is 64.3 Å². The van der Waals surface area contributed by atoms with Crippen molar-refractivity contribution in [2.45, 2.75) is 33.0 Å². The largest absolute Gasteiger partial charge is 0.384 e. The van der Waals surface area contributed by atoms with Gasteiger partial charge in [0, 0.05) is 25.8 Å². The maximum absolute atomic E-state index is 5.89. The minimum atomic E-state index is 0.301. The molecule has 0 aliphatic carbocycles. The Hall–Kier alpha value is -2.14. The van der Waals surface area contributed by atoms with Crippen molar-refractivity contribution in [2.24, 2.45) is 0 Å². The minimum Gasteiger partial charge on any atom is -0.384 e. The van der Waals surface area contributed by atoms with Gasteiger partial charge in [0.25, 0.3) is 0 Å². The lowest BCUT2D eigenvalue weighted by Crippen LogP contribution is -2.31. The normalized spacial score (nSPS) is 10.9. The van der Waals surface area contributed by atoms with Crippen molar-refractivity contribution < 1.29 is 4.74 Å². The molecule has 2 rings (SSSR count). The number of anilines is 2. The number of benzene rings is 1. The number of methoxy groups -OCH3 is 1. The van der Waals surface area contributed by atoms with E-state index in [0.717, 1.165) is 12.4 Å². The first-order chi connectivity index (χ1) is 10.1. The van der Waals surface area contributed by atoms with Crippen LogP contribution in [0.25, 0.3) is 0 Å². The zero-order valence-corrected chi connectivity index (χ0v) is 12.8. The summed E-state index contributed by atoms with van der Waals surface area (Å²) in [4.78, 5) is 10.9. The Morgan fingerprint density at radius 1 is 1.19 bits per heavy atom. The fourth-order valence-corrected chi connectivity index (χ4v) is 2.15. The second kappa shape index (κ2) is 7.04. The van der Waals surface area contributed by atoms with Gasteiger partial charge in [-0.2, -0.15) is 0 Å². The number of nitrogens with zero attached hydrogens (tertiary/aromatic N) is 3. The third-order valence-electron chi connectivity index (χ3n) is 3.17. The monoisotopic (exact) mass is 286 g/mol. The predicted molar refractivity (Wildman–Crippen MR) is 84.9 cm³/mol. The quantitative estimate of drug-likeness (QED) is 0.884. The van der Waals surface area contributed by atoms with Gasteiger partial charge in [-0.05, 0) is 19.4 Å². The molecule has 5 heteroatoms. The molecule has 0 spiro atoms. The molecule has 1 aromatic carbocycles. The number of nitrogens with two attached hydrogens (primary N) is 1. The highest BCUT2D eigenvalue weighted by molar-refractivity contribution is 5.48. The van der Waals surface area contributed by atoms with Crippen LogP contribution in [-0.2, 0) is 17.9 Å². The van der Waals surface area contributed by atoms with E-state index in [-0.39, 0.29) is 0 Å². The highest BCUT2D eigenvalue weighted by atomic mass is 16.5. The van der Waals surface area contributed by atoms with Gasteiger partial charge in [0.2, 0.25) is 0 Å². The van der Waals surface area contributed by atoms with Crippen LogP contribution in [0.3, 0.4) is 0 Å². The van der Waals surface area contributed by atoms with Crippen LogP contribution in [0.2, 0.25) is 0 Å². The summed E-state index contributed by atoms with van der Waals surface area (Å²) in [5.41, 5.74) is 7.12. The smallest absolute Gasteiger partial charge is 0.158 e. The van der Waals surface area contributed by atoms with Crippen LogP contribution in [0.5, 0.6) is 0 Å². The molecule has 0 saturated heterocycles. The number of nitrogen functional groups attached to an aromatic ring is 1. The fraction of sp³-hybridized carbons (Fsp3) is 0.375. The molecule has 0 radical (unpaired) electrons. The molecule has 0 atom stereocenters. The van der Waals surface area contributed by atoms with E-state index in [0.29, 0.717) is 24.3 Å². The van der Waals surface area contributed by atoms with Crippen molar-refractivity contribution >= 4 is 11.6 Å². The molecule has 0 unspecified atom stereocenters. The van der Waals surface area contributed by atoms with Crippen molar-refractivity contribution in [3.63, 3.8) is 0 Å². The zero-order valence-electron chi connectivity index (χ0n) is 12.8. The summed E-state index contributed by atoms with van der Waals surface area (Å²) < 4.78 is 5.10. The Bertz CT molecular complexity index is 572. The van der Waals surface area contributed by atoms with E-state index in [2.05, 4.69) is 40.8 Å². The highest BCUT2D eigenvalue weighted by Crippen LogP contribution is 2.20. The number of aromatic nitrogens is 2. The summed E-state index contributed by atoms with van der Waals surface area (Å²) in [6.45, 7) is 5.41. The van der Waals surface area contributed by atoms with E-state index in [4.69, 9.17) is 10.5 Å². The van der Waals surface area contributed by atoms with Crippen molar-refractivity contribution in [1.82, 2.24) is 9.97 Å². The van der Waals surface area contributed by atoms with Gasteiger partial charge in [0.05, 0.1) is 0 Å². The highest BCUT2D eigenvalue weighted by Gasteiger charge is 2.14. The number of hydrogen-bond donors (Lipinski definition) is 1. The molecule has 2 aromatic rings. The molecule has 21 heavy (non-hydrogen) atoms. The van der Waals surface area contributed by atoms with Gasteiger partial charge in [-0.25, -0.2) is 9.97 Å². The van der Waals surface area contributed by atoms with Gasteiger partial charge in [0.15, 0.2) is 5.82 Å². The van der Waals surface area contributed by atoms with Gasteiger partial charge >= 0.3 is 0 Å². The lowest BCUT2D eigenvalue weighted by molar-refractivity contribution is 0.178. The summed E-state index contributed by atoms with van der Waals surface area (Å²) in [6, 6.07) is 12.4. The van der Waals surface area contributed by atoms with Gasteiger partial charge in [-0.1, -0.05) is 30.3 Å². The van der Waals surface area contributed by atoms with Crippen LogP contribution in [-0.4, -0.2) is 23.1 Å². The molecule has 5 nitrogen and oxygen atoms in total. The molecule has 2 N–H and O–H groups in total. The molecule has 0 bridgehead atoms. The van der Waals surface area contributed by atoms with Crippen LogP contribution in [0.1, 0.15) is 25.2 Å². The first-order valence-electron chi connectivity index (χ1n) is 7.03. The standard InChI is InChI=1S/C16H22N4O/c1-12(2)20(10-13-7-5-4-6-8-13)16-9-14(17)18-15(19-16)11-21-3/h4-9,12H,10-11H2,1-3H3,(H2,17,18,19). The molecule has 0 aliphatic rings. The van der Waals surface area contributed by atoms with E-state index in [9.17, 15) is 0 Å². The average molecular weight is 286 g/mol. The molecule has 0 fully saturated rings. The van der Waals surface area contributed by atoms with E-state index in [1.807, 2.05) is 24.3 Å². The summed E-state index contributed by atoms with van der Waals surface area (Å²) >= 11 is 0. The Morgan fingerprint density at radius 2 is 1.90 bits per heavy atom. The number of rotatable bonds is 6. The SMILES string of the molecule is COCc1nc(N)cc(N(Cc2ccccc2)C(C)C)n1. The van der Waals surface area contributed by atoms with E-state index < -0.39 is 0 Å². The summed E-state index contributed by atoms with van der Waals surface area (Å²) in [5.74, 6) is 1.89. The molecule has 0 aliphatic heterocycles. The van der Waals surface area contributed by atoms with E-state index >= 15 is 0 Å². The third-order valence-corrected chi connectivity index (χ3v) is 3.17. The second-order valence-corrected chi connectivity index (χ2v) is 5.21. The second-order valence-electron chi connectivity index (χ2n) is 5.21. The molecule has 0 amide bonds. The lowest BCUT2D eigenvalue weighted by Gasteiger charge is -2.28. The Balaban J connectivity index is 2.29. The van der Waals surface area contributed by atoms with Gasteiger partial charge < -0.3 is 15.4 Å². The molecule has 1 aromatic heterocycles. The lowest BCUT2D eigenvalue weighted by atomic mass is 10.2. The average Bonchev–Trinajstić information content (AvgIpc) is 2.45. The maximum atomic E-state index is 5.89.